The van der Waals surface area contributed by atoms with Crippen molar-refractivity contribution in [3.05, 3.63) is 29.3 Å². The van der Waals surface area contributed by atoms with Crippen LogP contribution >= 0.6 is 0 Å². The molecule has 2 heterocycles. The van der Waals surface area contributed by atoms with Crippen molar-refractivity contribution in [2.75, 3.05) is 19.0 Å². The molecule has 1 atom stereocenters. The Kier molecular flexibility index (Phi) is 6.81. The summed E-state index contributed by atoms with van der Waals surface area (Å²) in [7, 11) is 1.37. The van der Waals surface area contributed by atoms with Crippen molar-refractivity contribution in [2.45, 2.75) is 70.9 Å². The lowest BCUT2D eigenvalue weighted by Gasteiger charge is -2.49. The number of alkyl carbamates (subject to hydrolysis) is 1. The van der Waals surface area contributed by atoms with E-state index in [1.54, 1.807) is 18.2 Å². The van der Waals surface area contributed by atoms with Crippen molar-refractivity contribution in [2.24, 2.45) is 11.3 Å². The van der Waals surface area contributed by atoms with Gasteiger partial charge in [-0.1, -0.05) is 26.8 Å². The number of anilines is 1. The molecule has 0 radical (unpaired) electrons. The summed E-state index contributed by atoms with van der Waals surface area (Å²) in [6.45, 7) is 6.96. The van der Waals surface area contributed by atoms with E-state index in [4.69, 9.17) is 4.74 Å². The van der Waals surface area contributed by atoms with Crippen LogP contribution in [-0.4, -0.2) is 59.9 Å². The summed E-state index contributed by atoms with van der Waals surface area (Å²) in [5.41, 5.74) is 0.564. The maximum absolute atomic E-state index is 13.3. The van der Waals surface area contributed by atoms with Crippen LogP contribution in [-0.2, 0) is 14.3 Å². The van der Waals surface area contributed by atoms with Crippen molar-refractivity contribution >= 4 is 35.4 Å². The van der Waals surface area contributed by atoms with E-state index < -0.39 is 35.8 Å². The second kappa shape index (κ2) is 9.55. The van der Waals surface area contributed by atoms with Crippen LogP contribution < -0.4 is 16.0 Å². The molecule has 1 aromatic carbocycles. The lowest BCUT2D eigenvalue weighted by atomic mass is 9.63. The number of hydrogen-bond acceptors (Lipinski definition) is 7. The van der Waals surface area contributed by atoms with E-state index in [9.17, 15) is 24.0 Å². The maximum Gasteiger partial charge on any atom is 0.407 e. The fourth-order valence-corrected chi connectivity index (χ4v) is 5.60. The number of benzene rings is 1. The molecule has 36 heavy (non-hydrogen) atoms. The Bertz CT molecular complexity index is 1100. The van der Waals surface area contributed by atoms with E-state index in [0.29, 0.717) is 18.2 Å². The van der Waals surface area contributed by atoms with Gasteiger partial charge in [-0.15, -0.1) is 0 Å². The Labute approximate surface area is 210 Å². The van der Waals surface area contributed by atoms with Gasteiger partial charge < -0.3 is 15.4 Å². The van der Waals surface area contributed by atoms with Crippen LogP contribution in [0.2, 0.25) is 0 Å². The predicted molar refractivity (Wildman–Crippen MR) is 131 cm³/mol. The van der Waals surface area contributed by atoms with Crippen LogP contribution in [0.5, 0.6) is 0 Å². The standard InChI is InChI=1S/C26H34N4O6/c1-25(2,3)26(29-24(35)36-4)12-10-15(11-13-26)14-27-17-7-5-6-16-20(17)23(34)30(22(16)33)18-8-9-19(31)28-21(18)32/h5-7,15,18,27H,8-14H2,1-4H3,(H,29,35)(H,28,31,32). The molecule has 1 unspecified atom stereocenters. The quantitative estimate of drug-likeness (QED) is 0.532. The fourth-order valence-electron chi connectivity index (χ4n) is 5.60. The fraction of sp³-hybridized carbons (Fsp3) is 0.577. The van der Waals surface area contributed by atoms with Crippen LogP contribution in [0.1, 0.15) is 80.0 Å². The molecule has 0 bridgehead atoms. The van der Waals surface area contributed by atoms with E-state index in [2.05, 4.69) is 36.7 Å². The van der Waals surface area contributed by atoms with Crippen molar-refractivity contribution in [3.8, 4) is 0 Å². The van der Waals surface area contributed by atoms with Gasteiger partial charge in [0.05, 0.1) is 18.2 Å². The number of carbonyl (C=O) groups is 5. The molecule has 1 saturated carbocycles. The van der Waals surface area contributed by atoms with Gasteiger partial charge in [-0.25, -0.2) is 4.79 Å². The SMILES string of the molecule is COC(=O)NC1(C(C)(C)C)CCC(CNc2cccc3c2C(=O)N(C2CCC(=O)NC2=O)C3=O)CC1. The first-order valence-corrected chi connectivity index (χ1v) is 12.4. The molecular formula is C26H34N4O6. The zero-order valence-corrected chi connectivity index (χ0v) is 21.2. The molecule has 1 saturated heterocycles. The zero-order valence-electron chi connectivity index (χ0n) is 21.2. The number of rotatable bonds is 5. The molecule has 1 aromatic rings. The van der Waals surface area contributed by atoms with Gasteiger partial charge in [-0.05, 0) is 55.6 Å². The maximum atomic E-state index is 13.3. The third kappa shape index (κ3) is 4.56. The summed E-state index contributed by atoms with van der Waals surface area (Å²) >= 11 is 0. The number of ether oxygens (including phenoxy) is 1. The van der Waals surface area contributed by atoms with Gasteiger partial charge in [0.25, 0.3) is 11.8 Å². The molecule has 0 spiro atoms. The molecule has 3 aliphatic rings. The lowest BCUT2D eigenvalue weighted by Crippen LogP contribution is -2.59. The summed E-state index contributed by atoms with van der Waals surface area (Å²) in [6.07, 6.45) is 3.12. The van der Waals surface area contributed by atoms with Crippen LogP contribution in [0, 0.1) is 11.3 Å². The van der Waals surface area contributed by atoms with Gasteiger partial charge in [-0.2, -0.15) is 0 Å². The Balaban J connectivity index is 1.44. The Hall–Kier alpha value is -3.43. The Morgan fingerprint density at radius 1 is 1.11 bits per heavy atom. The van der Waals surface area contributed by atoms with E-state index in [1.807, 2.05) is 0 Å². The second-order valence-corrected chi connectivity index (χ2v) is 10.9. The second-order valence-electron chi connectivity index (χ2n) is 10.9. The number of carbonyl (C=O) groups excluding carboxylic acids is 5. The van der Waals surface area contributed by atoms with Gasteiger partial charge in [0.15, 0.2) is 0 Å². The average molecular weight is 499 g/mol. The normalized spacial score (nSPS) is 26.4. The van der Waals surface area contributed by atoms with Crippen LogP contribution in [0.25, 0.3) is 0 Å². The zero-order chi connectivity index (χ0) is 26.3. The number of fused-ring (bicyclic) bond motifs is 1. The van der Waals surface area contributed by atoms with E-state index >= 15 is 0 Å². The topological polar surface area (TPSA) is 134 Å². The summed E-state index contributed by atoms with van der Waals surface area (Å²) in [4.78, 5) is 63.2. The number of amides is 5. The first kappa shape index (κ1) is 25.7. The van der Waals surface area contributed by atoms with Crippen molar-refractivity contribution < 1.29 is 28.7 Å². The number of imide groups is 2. The van der Waals surface area contributed by atoms with Crippen molar-refractivity contribution in [3.63, 3.8) is 0 Å². The molecule has 2 fully saturated rings. The van der Waals surface area contributed by atoms with Gasteiger partial charge in [0.1, 0.15) is 6.04 Å². The molecule has 0 aromatic heterocycles. The molecule has 2 aliphatic heterocycles. The number of nitrogens with one attached hydrogen (secondary N) is 3. The Morgan fingerprint density at radius 2 is 1.81 bits per heavy atom. The summed E-state index contributed by atoms with van der Waals surface area (Å²) in [5, 5.41) is 8.66. The number of nitrogens with zero attached hydrogens (tertiary/aromatic N) is 1. The van der Waals surface area contributed by atoms with Crippen molar-refractivity contribution in [1.82, 2.24) is 15.5 Å². The first-order valence-electron chi connectivity index (χ1n) is 12.4. The molecule has 1 aliphatic carbocycles. The lowest BCUT2D eigenvalue weighted by molar-refractivity contribution is -0.136. The minimum atomic E-state index is -0.992. The summed E-state index contributed by atoms with van der Waals surface area (Å²) in [6, 6.07) is 4.07. The minimum absolute atomic E-state index is 0.0808. The molecule has 5 amide bonds. The van der Waals surface area contributed by atoms with E-state index in [1.165, 1.54) is 7.11 Å². The molecule has 194 valence electrons. The predicted octanol–water partition coefficient (Wildman–Crippen LogP) is 2.83. The van der Waals surface area contributed by atoms with Crippen LogP contribution in [0.15, 0.2) is 18.2 Å². The molecule has 10 nitrogen and oxygen atoms in total. The van der Waals surface area contributed by atoms with E-state index in [-0.39, 0.29) is 34.9 Å². The third-order valence-corrected chi connectivity index (χ3v) is 7.97. The molecule has 10 heteroatoms. The monoisotopic (exact) mass is 498 g/mol. The highest BCUT2D eigenvalue weighted by Crippen LogP contribution is 2.44. The van der Waals surface area contributed by atoms with Crippen LogP contribution in [0.4, 0.5) is 10.5 Å². The smallest absolute Gasteiger partial charge is 0.407 e. The highest BCUT2D eigenvalue weighted by Gasteiger charge is 2.47. The largest absolute Gasteiger partial charge is 0.453 e. The van der Waals surface area contributed by atoms with Crippen LogP contribution in [0.3, 0.4) is 0 Å². The van der Waals surface area contributed by atoms with Gasteiger partial charge in [-0.3, -0.25) is 29.4 Å². The summed E-state index contributed by atoms with van der Waals surface area (Å²) in [5.74, 6) is -1.76. The summed E-state index contributed by atoms with van der Waals surface area (Å²) < 4.78 is 4.86. The average Bonchev–Trinajstić information content (AvgIpc) is 3.08. The first-order chi connectivity index (χ1) is 17.0. The third-order valence-electron chi connectivity index (χ3n) is 7.97. The number of hydrogen-bond donors (Lipinski definition) is 3. The molecular weight excluding hydrogens is 464 g/mol. The highest BCUT2D eigenvalue weighted by atomic mass is 16.5. The van der Waals surface area contributed by atoms with Gasteiger partial charge >= 0.3 is 6.09 Å². The van der Waals surface area contributed by atoms with E-state index in [0.717, 1.165) is 30.6 Å². The minimum Gasteiger partial charge on any atom is -0.453 e. The van der Waals surface area contributed by atoms with Gasteiger partial charge in [0.2, 0.25) is 11.8 Å². The highest BCUT2D eigenvalue weighted by molar-refractivity contribution is 6.25. The molecule has 3 N–H and O–H groups in total. The van der Waals surface area contributed by atoms with Gasteiger partial charge in [0, 0.05) is 24.2 Å². The molecule has 4 rings (SSSR count). The van der Waals surface area contributed by atoms with Crippen molar-refractivity contribution in [1.29, 1.82) is 0 Å². The Morgan fingerprint density at radius 3 is 2.42 bits per heavy atom. The number of methoxy groups -OCH3 is 1. The number of piperidine rings is 1.